The number of hydrogen-bond donors (Lipinski definition) is 1. The number of carbonyl (C=O) groups excluding carboxylic acids is 1. The summed E-state index contributed by atoms with van der Waals surface area (Å²) in [4.78, 5) is 20.4. The predicted molar refractivity (Wildman–Crippen MR) is 110 cm³/mol. The largest absolute Gasteiger partial charge is 0.381 e. The van der Waals surface area contributed by atoms with Crippen LogP contribution in [0, 0.1) is 5.41 Å². The van der Waals surface area contributed by atoms with Crippen LogP contribution in [-0.2, 0) is 16.0 Å². The Kier molecular flexibility index (Phi) is 5.62. The van der Waals surface area contributed by atoms with Gasteiger partial charge in [-0.1, -0.05) is 30.3 Å². The van der Waals surface area contributed by atoms with Crippen LogP contribution in [0.4, 0.5) is 5.82 Å². The molecule has 2 aromatic rings. The molecule has 2 saturated heterocycles. The second kappa shape index (κ2) is 8.31. The number of pyridine rings is 1. The van der Waals surface area contributed by atoms with E-state index in [4.69, 9.17) is 4.74 Å². The van der Waals surface area contributed by atoms with E-state index in [0.717, 1.165) is 44.5 Å². The molecule has 0 unspecified atom stereocenters. The van der Waals surface area contributed by atoms with E-state index in [1.54, 1.807) is 0 Å². The molecule has 0 bridgehead atoms. The fourth-order valence-electron chi connectivity index (χ4n) is 4.67. The molecular formula is C23H29N3O2. The van der Waals surface area contributed by atoms with Crippen LogP contribution in [0.3, 0.4) is 0 Å². The molecule has 1 atom stereocenters. The molecule has 1 aromatic carbocycles. The minimum atomic E-state index is -0.360. The van der Waals surface area contributed by atoms with Crippen LogP contribution in [0.15, 0.2) is 48.7 Å². The van der Waals surface area contributed by atoms with Gasteiger partial charge in [-0.25, -0.2) is 4.98 Å². The molecule has 0 spiro atoms. The summed E-state index contributed by atoms with van der Waals surface area (Å²) in [7, 11) is 1.88. The van der Waals surface area contributed by atoms with Gasteiger partial charge in [0, 0.05) is 33.0 Å². The maximum absolute atomic E-state index is 13.9. The van der Waals surface area contributed by atoms with Crippen molar-refractivity contribution < 1.29 is 9.53 Å². The van der Waals surface area contributed by atoms with Crippen molar-refractivity contribution in [2.24, 2.45) is 5.41 Å². The van der Waals surface area contributed by atoms with Crippen molar-refractivity contribution >= 4 is 11.7 Å². The third-order valence-corrected chi connectivity index (χ3v) is 6.23. The molecule has 2 aliphatic rings. The molecule has 1 aromatic heterocycles. The molecule has 1 N–H and O–H groups in total. The van der Waals surface area contributed by atoms with Crippen LogP contribution in [0.1, 0.15) is 42.9 Å². The summed E-state index contributed by atoms with van der Waals surface area (Å²) in [5.74, 6) is 1.15. The number of aromatic nitrogens is 1. The third kappa shape index (κ3) is 3.76. The number of rotatable bonds is 5. The van der Waals surface area contributed by atoms with E-state index in [1.165, 1.54) is 11.1 Å². The molecule has 5 heteroatoms. The Hall–Kier alpha value is -2.40. The molecule has 28 heavy (non-hydrogen) atoms. The zero-order valence-electron chi connectivity index (χ0n) is 16.6. The first-order valence-corrected chi connectivity index (χ1v) is 10.3. The van der Waals surface area contributed by atoms with Crippen LogP contribution in [-0.4, -0.2) is 42.6 Å². The number of likely N-dealkylation sites (tertiary alicyclic amines) is 1. The molecule has 0 aliphatic carbocycles. The first-order chi connectivity index (χ1) is 13.7. The molecule has 1 amide bonds. The highest BCUT2D eigenvalue weighted by molar-refractivity contribution is 5.84. The number of amides is 1. The number of benzene rings is 1. The Morgan fingerprint density at radius 1 is 1.25 bits per heavy atom. The summed E-state index contributed by atoms with van der Waals surface area (Å²) < 4.78 is 5.63. The van der Waals surface area contributed by atoms with Gasteiger partial charge in [0.05, 0.1) is 11.5 Å². The molecule has 4 rings (SSSR count). The molecular weight excluding hydrogens is 350 g/mol. The highest BCUT2D eigenvalue weighted by Crippen LogP contribution is 2.42. The average Bonchev–Trinajstić information content (AvgIpc) is 3.24. The Morgan fingerprint density at radius 3 is 2.79 bits per heavy atom. The SMILES string of the molecule is CNc1cc([C@H]2CCCN2C(=O)C2(Cc3ccccc3)CCOCC2)ccn1. The molecule has 148 valence electrons. The van der Waals surface area contributed by atoms with Gasteiger partial charge in [0.25, 0.3) is 0 Å². The van der Waals surface area contributed by atoms with E-state index >= 15 is 0 Å². The summed E-state index contributed by atoms with van der Waals surface area (Å²) in [6.45, 7) is 2.16. The smallest absolute Gasteiger partial charge is 0.229 e. The lowest BCUT2D eigenvalue weighted by molar-refractivity contribution is -0.149. The highest BCUT2D eigenvalue weighted by Gasteiger charge is 2.45. The Bertz CT molecular complexity index is 803. The van der Waals surface area contributed by atoms with Crippen molar-refractivity contribution in [3.05, 3.63) is 59.8 Å². The maximum Gasteiger partial charge on any atom is 0.229 e. The summed E-state index contributed by atoms with van der Waals surface area (Å²) in [6.07, 6.45) is 6.26. The van der Waals surface area contributed by atoms with E-state index in [2.05, 4.69) is 45.5 Å². The van der Waals surface area contributed by atoms with E-state index in [-0.39, 0.29) is 11.5 Å². The van der Waals surface area contributed by atoms with Crippen molar-refractivity contribution in [3.63, 3.8) is 0 Å². The van der Waals surface area contributed by atoms with Crippen LogP contribution in [0.2, 0.25) is 0 Å². The van der Waals surface area contributed by atoms with Gasteiger partial charge in [-0.3, -0.25) is 4.79 Å². The first kappa shape index (κ1) is 18.9. The van der Waals surface area contributed by atoms with Crippen LogP contribution in [0.25, 0.3) is 0 Å². The minimum absolute atomic E-state index is 0.137. The molecule has 3 heterocycles. The summed E-state index contributed by atoms with van der Waals surface area (Å²) in [5.41, 5.74) is 2.04. The van der Waals surface area contributed by atoms with Gasteiger partial charge in [0.2, 0.25) is 5.91 Å². The maximum atomic E-state index is 13.9. The quantitative estimate of drug-likeness (QED) is 0.858. The second-order valence-electron chi connectivity index (χ2n) is 7.94. The van der Waals surface area contributed by atoms with Crippen LogP contribution < -0.4 is 5.32 Å². The average molecular weight is 380 g/mol. The lowest BCUT2D eigenvalue weighted by Crippen LogP contribution is -2.48. The van der Waals surface area contributed by atoms with Gasteiger partial charge < -0.3 is 15.0 Å². The number of anilines is 1. The lowest BCUT2D eigenvalue weighted by atomic mass is 9.73. The summed E-state index contributed by atoms with van der Waals surface area (Å²) in [5, 5.41) is 3.11. The second-order valence-corrected chi connectivity index (χ2v) is 7.94. The fourth-order valence-corrected chi connectivity index (χ4v) is 4.67. The van der Waals surface area contributed by atoms with Gasteiger partial charge in [-0.05, 0) is 55.4 Å². The van der Waals surface area contributed by atoms with Gasteiger partial charge in [-0.2, -0.15) is 0 Å². The highest BCUT2D eigenvalue weighted by atomic mass is 16.5. The molecule has 5 nitrogen and oxygen atoms in total. The van der Waals surface area contributed by atoms with Crippen LogP contribution in [0.5, 0.6) is 0 Å². The number of hydrogen-bond acceptors (Lipinski definition) is 4. The van der Waals surface area contributed by atoms with Crippen molar-refractivity contribution in [3.8, 4) is 0 Å². The normalized spacial score (nSPS) is 21.5. The van der Waals surface area contributed by atoms with Crippen molar-refractivity contribution in [1.82, 2.24) is 9.88 Å². The van der Waals surface area contributed by atoms with E-state index in [1.807, 2.05) is 25.4 Å². The van der Waals surface area contributed by atoms with Gasteiger partial charge in [0.1, 0.15) is 5.82 Å². The Morgan fingerprint density at radius 2 is 2.04 bits per heavy atom. The Balaban J connectivity index is 1.62. The topological polar surface area (TPSA) is 54.5 Å². The molecule has 0 saturated carbocycles. The molecule has 2 fully saturated rings. The standard InChI is InChI=1S/C23H29N3O2/c1-24-21-16-19(9-12-25-21)20-8-5-13-26(20)22(27)23(10-14-28-15-11-23)17-18-6-3-2-4-7-18/h2-4,6-7,9,12,16,20H,5,8,10-11,13-15,17H2,1H3,(H,24,25)/t20-/m1/s1. The summed E-state index contributed by atoms with van der Waals surface area (Å²) in [6, 6.07) is 14.7. The number of nitrogens with one attached hydrogen (secondary N) is 1. The van der Waals surface area contributed by atoms with E-state index in [9.17, 15) is 4.79 Å². The molecule has 2 aliphatic heterocycles. The van der Waals surface area contributed by atoms with Crippen molar-refractivity contribution in [2.45, 2.75) is 38.1 Å². The van der Waals surface area contributed by atoms with Crippen molar-refractivity contribution in [2.75, 3.05) is 32.1 Å². The van der Waals surface area contributed by atoms with Gasteiger partial charge >= 0.3 is 0 Å². The summed E-state index contributed by atoms with van der Waals surface area (Å²) >= 11 is 0. The zero-order valence-corrected chi connectivity index (χ0v) is 16.6. The van der Waals surface area contributed by atoms with E-state index < -0.39 is 0 Å². The van der Waals surface area contributed by atoms with Gasteiger partial charge in [0.15, 0.2) is 0 Å². The fraction of sp³-hybridized carbons (Fsp3) is 0.478. The predicted octanol–water partition coefficient (Wildman–Crippen LogP) is 3.83. The number of nitrogens with zero attached hydrogens (tertiary/aromatic N) is 2. The van der Waals surface area contributed by atoms with Gasteiger partial charge in [-0.15, -0.1) is 0 Å². The zero-order chi connectivity index (χ0) is 19.4. The van der Waals surface area contributed by atoms with Crippen molar-refractivity contribution in [1.29, 1.82) is 0 Å². The lowest BCUT2D eigenvalue weighted by Gasteiger charge is -2.40. The molecule has 0 radical (unpaired) electrons. The number of carbonyl (C=O) groups is 1. The monoisotopic (exact) mass is 379 g/mol. The van der Waals surface area contributed by atoms with E-state index in [0.29, 0.717) is 19.1 Å². The minimum Gasteiger partial charge on any atom is -0.381 e. The van der Waals surface area contributed by atoms with Crippen LogP contribution >= 0.6 is 0 Å². The Labute approximate surface area is 167 Å². The third-order valence-electron chi connectivity index (χ3n) is 6.23. The number of ether oxygens (including phenoxy) is 1. The first-order valence-electron chi connectivity index (χ1n) is 10.3.